The predicted octanol–water partition coefficient (Wildman–Crippen LogP) is 1.89. The average Bonchev–Trinajstić information content (AvgIpc) is 2.55. The Morgan fingerprint density at radius 3 is 2.81 bits per heavy atom. The molecule has 0 saturated carbocycles. The molecule has 2 saturated heterocycles. The lowest BCUT2D eigenvalue weighted by Gasteiger charge is -2.36. The Hall–Kier alpha value is -1.39. The minimum Gasteiger partial charge on any atom is -0.370 e. The van der Waals surface area contributed by atoms with E-state index in [1.807, 2.05) is 17.0 Å². The molecule has 2 aliphatic heterocycles. The van der Waals surface area contributed by atoms with E-state index < -0.39 is 0 Å². The third-order valence-electron chi connectivity index (χ3n) is 4.60. The van der Waals surface area contributed by atoms with Crippen LogP contribution in [0.2, 0.25) is 0 Å². The summed E-state index contributed by atoms with van der Waals surface area (Å²) in [7, 11) is 0. The van der Waals surface area contributed by atoms with Crippen molar-refractivity contribution >= 4 is 5.91 Å². The van der Waals surface area contributed by atoms with Crippen LogP contribution in [0, 0.1) is 12.8 Å². The lowest BCUT2D eigenvalue weighted by Crippen LogP contribution is -2.47. The van der Waals surface area contributed by atoms with Gasteiger partial charge in [0.15, 0.2) is 0 Å². The molecule has 1 aromatic carbocycles. The number of amides is 1. The summed E-state index contributed by atoms with van der Waals surface area (Å²) in [6.45, 7) is 6.07. The van der Waals surface area contributed by atoms with Crippen molar-refractivity contribution in [3.63, 3.8) is 0 Å². The average molecular weight is 288 g/mol. The zero-order valence-electron chi connectivity index (χ0n) is 12.7. The molecule has 0 spiro atoms. The lowest BCUT2D eigenvalue weighted by atomic mass is 9.95. The van der Waals surface area contributed by atoms with Crippen molar-refractivity contribution in [3.05, 3.63) is 35.4 Å². The number of ether oxygens (including phenoxy) is 1. The van der Waals surface area contributed by atoms with Crippen molar-refractivity contribution in [2.45, 2.75) is 25.9 Å². The summed E-state index contributed by atoms with van der Waals surface area (Å²) in [6, 6.07) is 8.30. The second-order valence-electron chi connectivity index (χ2n) is 6.02. The summed E-state index contributed by atoms with van der Waals surface area (Å²) in [4.78, 5) is 14.7. The lowest BCUT2D eigenvalue weighted by molar-refractivity contribution is -0.144. The molecule has 1 amide bonds. The number of hydrogen-bond acceptors (Lipinski definition) is 3. The fourth-order valence-electron chi connectivity index (χ4n) is 3.31. The van der Waals surface area contributed by atoms with Crippen molar-refractivity contribution in [1.82, 2.24) is 10.2 Å². The van der Waals surface area contributed by atoms with Gasteiger partial charge in [-0.1, -0.05) is 24.3 Å². The van der Waals surface area contributed by atoms with Crippen LogP contribution in [0.25, 0.3) is 0 Å². The minimum absolute atomic E-state index is 0.0191. The molecule has 0 unspecified atom stereocenters. The van der Waals surface area contributed by atoms with Gasteiger partial charge in [0.1, 0.15) is 6.10 Å². The Kier molecular flexibility index (Phi) is 4.56. The first kappa shape index (κ1) is 14.5. The van der Waals surface area contributed by atoms with Gasteiger partial charge in [-0.05, 0) is 44.0 Å². The quantitative estimate of drug-likeness (QED) is 0.903. The van der Waals surface area contributed by atoms with Gasteiger partial charge in [0.2, 0.25) is 5.91 Å². The number of aryl methyl sites for hydroxylation is 1. The summed E-state index contributed by atoms with van der Waals surface area (Å²) in [5.74, 6) is 0.514. The third-order valence-corrected chi connectivity index (χ3v) is 4.60. The summed E-state index contributed by atoms with van der Waals surface area (Å²) in [6.07, 6.45) is 1.95. The van der Waals surface area contributed by atoms with Gasteiger partial charge >= 0.3 is 0 Å². The van der Waals surface area contributed by atoms with Crippen molar-refractivity contribution in [3.8, 4) is 0 Å². The van der Waals surface area contributed by atoms with Crippen LogP contribution < -0.4 is 5.32 Å². The van der Waals surface area contributed by atoms with Crippen LogP contribution >= 0.6 is 0 Å². The van der Waals surface area contributed by atoms with E-state index in [1.54, 1.807) is 0 Å². The predicted molar refractivity (Wildman–Crippen MR) is 82.0 cm³/mol. The zero-order valence-corrected chi connectivity index (χ0v) is 12.7. The number of morpholine rings is 1. The molecule has 114 valence electrons. The SMILES string of the molecule is Cc1ccccc1[C@@H]1CN(C(=O)C2CCNCC2)CCO1. The van der Waals surface area contributed by atoms with E-state index in [2.05, 4.69) is 24.4 Å². The number of nitrogens with zero attached hydrogens (tertiary/aromatic N) is 1. The number of carbonyl (C=O) groups is 1. The fourth-order valence-corrected chi connectivity index (χ4v) is 3.31. The molecule has 0 radical (unpaired) electrons. The van der Waals surface area contributed by atoms with Crippen molar-refractivity contribution in [2.75, 3.05) is 32.8 Å². The zero-order chi connectivity index (χ0) is 14.7. The van der Waals surface area contributed by atoms with Crippen LogP contribution in [0.5, 0.6) is 0 Å². The van der Waals surface area contributed by atoms with Crippen molar-refractivity contribution < 1.29 is 9.53 Å². The summed E-state index contributed by atoms with van der Waals surface area (Å²) >= 11 is 0. The first-order chi connectivity index (χ1) is 10.3. The van der Waals surface area contributed by atoms with Gasteiger partial charge in [-0.3, -0.25) is 4.79 Å². The Morgan fingerprint density at radius 2 is 2.05 bits per heavy atom. The van der Waals surface area contributed by atoms with Gasteiger partial charge in [0.25, 0.3) is 0 Å². The Balaban J connectivity index is 1.68. The Bertz CT molecular complexity index is 497. The van der Waals surface area contributed by atoms with Gasteiger partial charge in [0.05, 0.1) is 13.2 Å². The number of piperidine rings is 1. The maximum Gasteiger partial charge on any atom is 0.225 e. The molecule has 4 nitrogen and oxygen atoms in total. The number of hydrogen-bond donors (Lipinski definition) is 1. The van der Waals surface area contributed by atoms with E-state index in [0.29, 0.717) is 19.1 Å². The van der Waals surface area contributed by atoms with Gasteiger partial charge < -0.3 is 15.0 Å². The molecule has 2 aliphatic rings. The highest BCUT2D eigenvalue weighted by atomic mass is 16.5. The summed E-state index contributed by atoms with van der Waals surface area (Å²) < 4.78 is 5.91. The molecule has 0 bridgehead atoms. The smallest absolute Gasteiger partial charge is 0.225 e. The third kappa shape index (κ3) is 3.27. The maximum atomic E-state index is 12.7. The molecule has 1 N–H and O–H groups in total. The largest absolute Gasteiger partial charge is 0.370 e. The fraction of sp³-hybridized carbons (Fsp3) is 0.588. The van der Waals surface area contributed by atoms with E-state index in [-0.39, 0.29) is 12.0 Å². The molecule has 2 heterocycles. The van der Waals surface area contributed by atoms with Crippen LogP contribution in [0.3, 0.4) is 0 Å². The second kappa shape index (κ2) is 6.58. The Labute approximate surface area is 126 Å². The van der Waals surface area contributed by atoms with Crippen LogP contribution in [0.15, 0.2) is 24.3 Å². The van der Waals surface area contributed by atoms with E-state index in [9.17, 15) is 4.79 Å². The molecule has 1 atom stereocenters. The topological polar surface area (TPSA) is 41.6 Å². The van der Waals surface area contributed by atoms with Crippen LogP contribution in [0.1, 0.15) is 30.1 Å². The van der Waals surface area contributed by atoms with E-state index in [0.717, 1.165) is 32.5 Å². The molecule has 4 heteroatoms. The van der Waals surface area contributed by atoms with Gasteiger partial charge in [-0.2, -0.15) is 0 Å². The number of nitrogens with one attached hydrogen (secondary N) is 1. The highest BCUT2D eigenvalue weighted by Gasteiger charge is 2.30. The Morgan fingerprint density at radius 1 is 1.29 bits per heavy atom. The van der Waals surface area contributed by atoms with Gasteiger partial charge in [0, 0.05) is 12.5 Å². The molecular weight excluding hydrogens is 264 g/mol. The van der Waals surface area contributed by atoms with Crippen molar-refractivity contribution in [2.24, 2.45) is 5.92 Å². The number of benzene rings is 1. The summed E-state index contributed by atoms with van der Waals surface area (Å²) in [5.41, 5.74) is 2.44. The highest BCUT2D eigenvalue weighted by Crippen LogP contribution is 2.26. The molecule has 0 aromatic heterocycles. The van der Waals surface area contributed by atoms with Crippen LogP contribution in [-0.2, 0) is 9.53 Å². The number of rotatable bonds is 2. The maximum absolute atomic E-state index is 12.7. The molecule has 2 fully saturated rings. The molecular formula is C17H24N2O2. The molecule has 21 heavy (non-hydrogen) atoms. The monoisotopic (exact) mass is 288 g/mol. The molecule has 1 aromatic rings. The summed E-state index contributed by atoms with van der Waals surface area (Å²) in [5, 5.41) is 3.32. The van der Waals surface area contributed by atoms with E-state index >= 15 is 0 Å². The van der Waals surface area contributed by atoms with Gasteiger partial charge in [-0.25, -0.2) is 0 Å². The van der Waals surface area contributed by atoms with E-state index in [1.165, 1.54) is 11.1 Å². The molecule has 3 rings (SSSR count). The van der Waals surface area contributed by atoms with Crippen LogP contribution in [-0.4, -0.2) is 43.6 Å². The first-order valence-electron chi connectivity index (χ1n) is 7.92. The van der Waals surface area contributed by atoms with E-state index in [4.69, 9.17) is 4.74 Å². The van der Waals surface area contributed by atoms with Crippen LogP contribution in [0.4, 0.5) is 0 Å². The normalized spacial score (nSPS) is 24.0. The van der Waals surface area contributed by atoms with Gasteiger partial charge in [-0.15, -0.1) is 0 Å². The van der Waals surface area contributed by atoms with Crippen molar-refractivity contribution in [1.29, 1.82) is 0 Å². The standard InChI is InChI=1S/C17H24N2O2/c1-13-4-2-3-5-15(13)16-12-19(10-11-21-16)17(20)14-6-8-18-9-7-14/h2-5,14,16,18H,6-12H2,1H3/t16-/m0/s1. The first-order valence-corrected chi connectivity index (χ1v) is 7.92. The highest BCUT2D eigenvalue weighted by molar-refractivity contribution is 5.79. The second-order valence-corrected chi connectivity index (χ2v) is 6.02. The molecule has 0 aliphatic carbocycles. The minimum atomic E-state index is 0.0191. The number of carbonyl (C=O) groups excluding carboxylic acids is 1.